The Kier molecular flexibility index (Phi) is 3.15. The number of carbonyl (C=O) groups excluding carboxylic acids is 1. The fourth-order valence-corrected chi connectivity index (χ4v) is 2.48. The molecule has 1 aliphatic rings. The van der Waals surface area contributed by atoms with Gasteiger partial charge in [-0.25, -0.2) is 0 Å². The zero-order valence-corrected chi connectivity index (χ0v) is 9.39. The van der Waals surface area contributed by atoms with Crippen LogP contribution in [0.4, 0.5) is 0 Å². The van der Waals surface area contributed by atoms with E-state index in [-0.39, 0.29) is 5.41 Å². The van der Waals surface area contributed by atoms with E-state index in [9.17, 15) is 4.79 Å². The minimum atomic E-state index is -0.0438. The third kappa shape index (κ3) is 2.82. The predicted octanol–water partition coefficient (Wildman–Crippen LogP) is 3.43. The molecular formula is C12H22O. The second kappa shape index (κ2) is 3.81. The lowest BCUT2D eigenvalue weighted by atomic mass is 9.69. The largest absolute Gasteiger partial charge is 0.299 e. The fraction of sp³-hybridized carbons (Fsp3) is 0.917. The van der Waals surface area contributed by atoms with Crippen molar-refractivity contribution in [3.05, 3.63) is 0 Å². The zero-order chi connectivity index (χ0) is 10.1. The van der Waals surface area contributed by atoms with E-state index >= 15 is 0 Å². The molecule has 1 atom stereocenters. The maximum absolute atomic E-state index is 11.5. The van der Waals surface area contributed by atoms with Crippen molar-refractivity contribution in [2.75, 3.05) is 0 Å². The smallest absolute Gasteiger partial charge is 0.138 e. The molecule has 13 heavy (non-hydrogen) atoms. The second-order valence-electron chi connectivity index (χ2n) is 5.55. The average Bonchev–Trinajstić information content (AvgIpc) is 1.95. The summed E-state index contributed by atoms with van der Waals surface area (Å²) in [6, 6.07) is 0. The van der Waals surface area contributed by atoms with Gasteiger partial charge in [0.25, 0.3) is 0 Å². The van der Waals surface area contributed by atoms with Crippen molar-refractivity contribution in [3.8, 4) is 0 Å². The molecule has 1 fully saturated rings. The molecule has 0 aliphatic heterocycles. The van der Waals surface area contributed by atoms with Crippen molar-refractivity contribution in [3.63, 3.8) is 0 Å². The summed E-state index contributed by atoms with van der Waals surface area (Å²) in [6.45, 7) is 8.73. The third-order valence-corrected chi connectivity index (χ3v) is 3.14. The quantitative estimate of drug-likeness (QED) is 0.639. The van der Waals surface area contributed by atoms with Crippen LogP contribution in [-0.2, 0) is 4.79 Å². The van der Waals surface area contributed by atoms with Crippen LogP contribution >= 0.6 is 0 Å². The highest BCUT2D eigenvalue weighted by Crippen LogP contribution is 2.38. The van der Waals surface area contributed by atoms with E-state index < -0.39 is 0 Å². The Labute approximate surface area is 81.9 Å². The number of ketones is 1. The first kappa shape index (κ1) is 10.7. The van der Waals surface area contributed by atoms with Gasteiger partial charge in [-0.15, -0.1) is 0 Å². The Morgan fingerprint density at radius 3 is 2.54 bits per heavy atom. The molecule has 0 saturated heterocycles. The van der Waals surface area contributed by atoms with Crippen molar-refractivity contribution in [2.45, 2.75) is 53.4 Å². The van der Waals surface area contributed by atoms with Gasteiger partial charge in [0.2, 0.25) is 0 Å². The maximum atomic E-state index is 11.5. The van der Waals surface area contributed by atoms with E-state index in [1.165, 1.54) is 6.42 Å². The normalized spacial score (nSPS) is 28.1. The molecule has 0 aromatic heterocycles. The van der Waals surface area contributed by atoms with Gasteiger partial charge in [-0.3, -0.25) is 4.79 Å². The van der Waals surface area contributed by atoms with Gasteiger partial charge >= 0.3 is 0 Å². The molecule has 1 nitrogen and oxygen atoms in total. The lowest BCUT2D eigenvalue weighted by Gasteiger charge is -2.34. The molecule has 0 spiro atoms. The summed E-state index contributed by atoms with van der Waals surface area (Å²) in [6.07, 6.45) is 4.32. The summed E-state index contributed by atoms with van der Waals surface area (Å²) < 4.78 is 0. The highest BCUT2D eigenvalue weighted by atomic mass is 16.1. The van der Waals surface area contributed by atoms with Crippen molar-refractivity contribution >= 4 is 5.78 Å². The van der Waals surface area contributed by atoms with Gasteiger partial charge in [0.1, 0.15) is 5.78 Å². The van der Waals surface area contributed by atoms with Crippen LogP contribution in [-0.4, -0.2) is 5.78 Å². The number of hydrogen-bond acceptors (Lipinski definition) is 1. The van der Waals surface area contributed by atoms with E-state index in [4.69, 9.17) is 0 Å². The van der Waals surface area contributed by atoms with Crippen LogP contribution in [0.3, 0.4) is 0 Å². The number of hydrogen-bond donors (Lipinski definition) is 0. The van der Waals surface area contributed by atoms with Crippen LogP contribution in [0.25, 0.3) is 0 Å². The lowest BCUT2D eigenvalue weighted by molar-refractivity contribution is -0.130. The van der Waals surface area contributed by atoms with Crippen LogP contribution < -0.4 is 0 Å². The first-order chi connectivity index (χ1) is 5.92. The highest BCUT2D eigenvalue weighted by Gasteiger charge is 2.34. The van der Waals surface area contributed by atoms with Crippen LogP contribution in [0.5, 0.6) is 0 Å². The molecule has 1 saturated carbocycles. The molecule has 0 N–H and O–H groups in total. The Hall–Kier alpha value is -0.330. The molecule has 1 aliphatic carbocycles. The van der Waals surface area contributed by atoms with Gasteiger partial charge in [-0.2, -0.15) is 0 Å². The topological polar surface area (TPSA) is 17.1 Å². The minimum Gasteiger partial charge on any atom is -0.299 e. The van der Waals surface area contributed by atoms with E-state index in [2.05, 4.69) is 27.7 Å². The minimum absolute atomic E-state index is 0.0438. The van der Waals surface area contributed by atoms with Gasteiger partial charge < -0.3 is 0 Å². The number of carbonyl (C=O) groups is 1. The third-order valence-electron chi connectivity index (χ3n) is 3.14. The molecule has 0 unspecified atom stereocenters. The summed E-state index contributed by atoms with van der Waals surface area (Å²) in [4.78, 5) is 11.5. The first-order valence-corrected chi connectivity index (χ1v) is 5.45. The monoisotopic (exact) mass is 182 g/mol. The molecule has 0 heterocycles. The Bertz CT molecular complexity index is 191. The molecule has 0 amide bonds. The van der Waals surface area contributed by atoms with E-state index in [1.54, 1.807) is 0 Å². The molecule has 1 rings (SSSR count). The molecule has 0 bridgehead atoms. The summed E-state index contributed by atoms with van der Waals surface area (Å²) in [7, 11) is 0. The van der Waals surface area contributed by atoms with Gasteiger partial charge in [0.05, 0.1) is 0 Å². The molecule has 0 aromatic rings. The van der Waals surface area contributed by atoms with Crippen molar-refractivity contribution < 1.29 is 4.79 Å². The molecule has 0 radical (unpaired) electrons. The van der Waals surface area contributed by atoms with E-state index in [0.717, 1.165) is 31.1 Å². The lowest BCUT2D eigenvalue weighted by Crippen LogP contribution is -2.32. The zero-order valence-electron chi connectivity index (χ0n) is 9.39. The SMILES string of the molecule is CC(C)C[C@H]1CCC(=O)C(C)(C)C1. The first-order valence-electron chi connectivity index (χ1n) is 5.45. The van der Waals surface area contributed by atoms with E-state index in [0.29, 0.717) is 5.78 Å². The fourth-order valence-electron chi connectivity index (χ4n) is 2.48. The molecule has 76 valence electrons. The maximum Gasteiger partial charge on any atom is 0.138 e. The number of rotatable bonds is 2. The van der Waals surface area contributed by atoms with Gasteiger partial charge in [0.15, 0.2) is 0 Å². The average molecular weight is 182 g/mol. The molecular weight excluding hydrogens is 160 g/mol. The summed E-state index contributed by atoms with van der Waals surface area (Å²) in [5.74, 6) is 2.02. The van der Waals surface area contributed by atoms with Crippen LogP contribution in [0.2, 0.25) is 0 Å². The standard InChI is InChI=1S/C12H22O/c1-9(2)7-10-5-6-11(13)12(3,4)8-10/h9-10H,5-8H2,1-4H3/t10-/m1/s1. The van der Waals surface area contributed by atoms with Gasteiger partial charge in [0, 0.05) is 11.8 Å². The van der Waals surface area contributed by atoms with Crippen molar-refractivity contribution in [2.24, 2.45) is 17.3 Å². The van der Waals surface area contributed by atoms with Crippen molar-refractivity contribution in [1.29, 1.82) is 0 Å². The second-order valence-corrected chi connectivity index (χ2v) is 5.55. The Balaban J connectivity index is 2.51. The van der Waals surface area contributed by atoms with Gasteiger partial charge in [-0.05, 0) is 31.1 Å². The summed E-state index contributed by atoms with van der Waals surface area (Å²) >= 11 is 0. The van der Waals surface area contributed by atoms with Crippen LogP contribution in [0.1, 0.15) is 53.4 Å². The van der Waals surface area contributed by atoms with Gasteiger partial charge in [-0.1, -0.05) is 27.7 Å². The summed E-state index contributed by atoms with van der Waals surface area (Å²) in [5, 5.41) is 0. The molecule has 1 heteroatoms. The van der Waals surface area contributed by atoms with Crippen molar-refractivity contribution in [1.82, 2.24) is 0 Å². The Morgan fingerprint density at radius 1 is 1.46 bits per heavy atom. The number of Topliss-reactive ketones (excluding diaryl/α,β-unsaturated/α-hetero) is 1. The highest BCUT2D eigenvalue weighted by molar-refractivity contribution is 5.84. The van der Waals surface area contributed by atoms with E-state index in [1.807, 2.05) is 0 Å². The van der Waals surface area contributed by atoms with Crippen LogP contribution in [0, 0.1) is 17.3 Å². The molecule has 0 aromatic carbocycles. The van der Waals surface area contributed by atoms with Crippen LogP contribution in [0.15, 0.2) is 0 Å². The predicted molar refractivity (Wildman–Crippen MR) is 55.6 cm³/mol. The Morgan fingerprint density at radius 2 is 2.08 bits per heavy atom. The summed E-state index contributed by atoms with van der Waals surface area (Å²) in [5.41, 5.74) is -0.0438.